The molecule has 4 atom stereocenters. The molecule has 3 aliphatic rings. The van der Waals surface area contributed by atoms with Crippen LogP contribution in [0.3, 0.4) is 0 Å². The minimum atomic E-state index is -4.48. The Morgan fingerprint density at radius 1 is 1.44 bits per heavy atom. The van der Waals surface area contributed by atoms with Gasteiger partial charge in [0.25, 0.3) is 0 Å². The van der Waals surface area contributed by atoms with E-state index < -0.39 is 17.2 Å². The van der Waals surface area contributed by atoms with Crippen LogP contribution in [0.1, 0.15) is 42.5 Å². The fourth-order valence-electron chi connectivity index (χ4n) is 5.20. The smallest absolute Gasteiger partial charge is 0.395 e. The molecule has 4 rings (SSSR count). The zero-order valence-electron chi connectivity index (χ0n) is 18.2. The Morgan fingerprint density at radius 3 is 2.97 bits per heavy atom. The van der Waals surface area contributed by atoms with Gasteiger partial charge in [-0.2, -0.15) is 13.2 Å². The van der Waals surface area contributed by atoms with Gasteiger partial charge in [0.15, 0.2) is 0 Å². The Kier molecular flexibility index (Phi) is 6.76. The van der Waals surface area contributed by atoms with Gasteiger partial charge in [0.1, 0.15) is 0 Å². The molecule has 0 spiro atoms. The molecule has 1 aliphatic carbocycles. The second kappa shape index (κ2) is 9.24. The summed E-state index contributed by atoms with van der Waals surface area (Å²) < 4.78 is 50.2. The number of halogens is 3. The quantitative estimate of drug-likeness (QED) is 0.703. The van der Waals surface area contributed by atoms with Gasteiger partial charge in [0, 0.05) is 57.2 Å². The first-order valence-electron chi connectivity index (χ1n) is 11.1. The van der Waals surface area contributed by atoms with Crippen LogP contribution in [0.5, 0.6) is 0 Å². The Labute approximate surface area is 185 Å². The summed E-state index contributed by atoms with van der Waals surface area (Å²) >= 11 is 0. The summed E-state index contributed by atoms with van der Waals surface area (Å²) in [7, 11) is 1.65. The predicted octanol–water partition coefficient (Wildman–Crippen LogP) is 1.91. The van der Waals surface area contributed by atoms with Gasteiger partial charge in [-0.15, -0.1) is 0 Å². The molecular formula is C22H30F3N3O4. The summed E-state index contributed by atoms with van der Waals surface area (Å²) in [5.74, 6) is -0.192. The third-order valence-corrected chi connectivity index (χ3v) is 7.08. The minimum Gasteiger partial charge on any atom is -0.395 e. The van der Waals surface area contributed by atoms with Crippen LogP contribution in [0.25, 0.3) is 0 Å². The molecule has 2 aliphatic heterocycles. The van der Waals surface area contributed by atoms with Gasteiger partial charge >= 0.3 is 6.18 Å². The number of aromatic nitrogens is 1. The first-order valence-corrected chi connectivity index (χ1v) is 11.1. The molecule has 0 radical (unpaired) electrons. The summed E-state index contributed by atoms with van der Waals surface area (Å²) in [6.45, 7) is 1.35. The summed E-state index contributed by atoms with van der Waals surface area (Å²) in [5, 5.41) is 13.8. The Morgan fingerprint density at radius 2 is 2.25 bits per heavy atom. The average molecular weight is 457 g/mol. The van der Waals surface area contributed by atoms with Gasteiger partial charge in [0.2, 0.25) is 5.91 Å². The largest absolute Gasteiger partial charge is 0.417 e. The number of methoxy groups -OCH3 is 1. The van der Waals surface area contributed by atoms with Crippen LogP contribution in [0.15, 0.2) is 12.3 Å². The van der Waals surface area contributed by atoms with Gasteiger partial charge in [0.05, 0.1) is 30.3 Å². The van der Waals surface area contributed by atoms with E-state index in [9.17, 15) is 23.1 Å². The molecule has 4 unspecified atom stereocenters. The van der Waals surface area contributed by atoms with Crippen molar-refractivity contribution < 1.29 is 32.5 Å². The third-order valence-electron chi connectivity index (χ3n) is 7.08. The van der Waals surface area contributed by atoms with Gasteiger partial charge in [-0.1, -0.05) is 0 Å². The zero-order chi connectivity index (χ0) is 22.9. The number of carbonyl (C=O) groups excluding carboxylic acids is 1. The van der Waals surface area contributed by atoms with Crippen LogP contribution in [0.2, 0.25) is 0 Å². The SMILES string of the molecule is COC1COCCC1NC1CCC(CO)(C(=O)N2CCc3ncc(C(F)(F)F)cc3C2)C1. The van der Waals surface area contributed by atoms with Crippen LogP contribution < -0.4 is 5.32 Å². The molecule has 1 saturated carbocycles. The van der Waals surface area contributed by atoms with E-state index in [-0.39, 0.29) is 37.2 Å². The van der Waals surface area contributed by atoms with Crippen molar-refractivity contribution in [2.45, 2.75) is 63.0 Å². The maximum Gasteiger partial charge on any atom is 0.417 e. The van der Waals surface area contributed by atoms with Crippen LogP contribution in [-0.4, -0.2) is 72.6 Å². The number of nitrogens with zero attached hydrogens (tertiary/aromatic N) is 2. The van der Waals surface area contributed by atoms with E-state index in [1.54, 1.807) is 12.0 Å². The van der Waals surface area contributed by atoms with Crippen LogP contribution in [-0.2, 0) is 33.4 Å². The van der Waals surface area contributed by atoms with E-state index in [1.807, 2.05) is 0 Å². The number of hydrogen-bond acceptors (Lipinski definition) is 6. The maximum atomic E-state index is 13.5. The number of hydrogen-bond donors (Lipinski definition) is 2. The first kappa shape index (κ1) is 23.4. The highest BCUT2D eigenvalue weighted by molar-refractivity contribution is 5.83. The minimum absolute atomic E-state index is 0.0578. The molecule has 1 aromatic rings. The normalized spacial score (nSPS) is 30.9. The van der Waals surface area contributed by atoms with Crippen LogP contribution in [0, 0.1) is 5.41 Å². The highest BCUT2D eigenvalue weighted by Crippen LogP contribution is 2.41. The summed E-state index contributed by atoms with van der Waals surface area (Å²) in [5.41, 5.74) is -0.712. The molecule has 10 heteroatoms. The van der Waals surface area contributed by atoms with Gasteiger partial charge in [-0.25, -0.2) is 0 Å². The number of aliphatic hydroxyl groups excluding tert-OH is 1. The van der Waals surface area contributed by atoms with Crippen molar-refractivity contribution in [2.75, 3.05) is 33.5 Å². The molecule has 32 heavy (non-hydrogen) atoms. The van der Waals surface area contributed by atoms with Gasteiger partial charge < -0.3 is 24.8 Å². The van der Waals surface area contributed by atoms with Crippen molar-refractivity contribution in [1.29, 1.82) is 0 Å². The first-order chi connectivity index (χ1) is 15.3. The predicted molar refractivity (Wildman–Crippen MR) is 109 cm³/mol. The molecule has 3 heterocycles. The third kappa shape index (κ3) is 4.64. The number of rotatable bonds is 5. The standard InChI is InChI=1S/C22H30F3N3O4/c1-31-19-12-32-7-4-18(19)27-16-2-5-21(9-16,13-29)20(30)28-6-3-17-14(11-28)8-15(10-26-17)22(23,24)25/h8,10,16,18-19,27,29H,2-7,9,11-13H2,1H3. The zero-order valence-corrected chi connectivity index (χ0v) is 18.2. The molecule has 1 amide bonds. The Hall–Kier alpha value is -1.75. The van der Waals surface area contributed by atoms with E-state index in [4.69, 9.17) is 9.47 Å². The van der Waals surface area contributed by atoms with Crippen molar-refractivity contribution in [3.05, 3.63) is 29.1 Å². The second-order valence-electron chi connectivity index (χ2n) is 9.09. The molecule has 0 aromatic carbocycles. The van der Waals surface area contributed by atoms with Crippen molar-refractivity contribution in [2.24, 2.45) is 5.41 Å². The Balaban J connectivity index is 1.44. The van der Waals surface area contributed by atoms with E-state index >= 15 is 0 Å². The van der Waals surface area contributed by atoms with Crippen molar-refractivity contribution in [3.8, 4) is 0 Å². The lowest BCUT2D eigenvalue weighted by Crippen LogP contribution is -2.51. The molecule has 1 saturated heterocycles. The van der Waals surface area contributed by atoms with Crippen molar-refractivity contribution in [3.63, 3.8) is 0 Å². The number of fused-ring (bicyclic) bond motifs is 1. The van der Waals surface area contributed by atoms with E-state index in [0.29, 0.717) is 50.3 Å². The summed E-state index contributed by atoms with van der Waals surface area (Å²) in [6.07, 6.45) is -0.711. The highest BCUT2D eigenvalue weighted by atomic mass is 19.4. The topological polar surface area (TPSA) is 83.9 Å². The molecule has 0 bridgehead atoms. The average Bonchev–Trinajstić information content (AvgIpc) is 3.21. The summed E-state index contributed by atoms with van der Waals surface area (Å²) in [4.78, 5) is 19.0. The number of alkyl halides is 3. The fraction of sp³-hybridized carbons (Fsp3) is 0.727. The lowest BCUT2D eigenvalue weighted by atomic mass is 9.84. The van der Waals surface area contributed by atoms with Crippen molar-refractivity contribution in [1.82, 2.24) is 15.2 Å². The van der Waals surface area contributed by atoms with Crippen LogP contribution >= 0.6 is 0 Å². The maximum absolute atomic E-state index is 13.5. The lowest BCUT2D eigenvalue weighted by Gasteiger charge is -2.37. The number of pyridine rings is 1. The second-order valence-corrected chi connectivity index (χ2v) is 9.09. The summed E-state index contributed by atoms with van der Waals surface area (Å²) in [6, 6.07) is 1.27. The molecule has 178 valence electrons. The van der Waals surface area contributed by atoms with Crippen LogP contribution in [0.4, 0.5) is 13.2 Å². The monoisotopic (exact) mass is 457 g/mol. The van der Waals surface area contributed by atoms with E-state index in [1.165, 1.54) is 0 Å². The number of nitrogens with one attached hydrogen (secondary N) is 1. The molecule has 1 aromatic heterocycles. The number of ether oxygens (including phenoxy) is 2. The number of carbonyl (C=O) groups is 1. The van der Waals surface area contributed by atoms with E-state index in [2.05, 4.69) is 10.3 Å². The fourth-order valence-corrected chi connectivity index (χ4v) is 5.20. The molecule has 2 N–H and O–H groups in total. The number of aliphatic hydroxyl groups is 1. The highest BCUT2D eigenvalue weighted by Gasteiger charge is 2.48. The van der Waals surface area contributed by atoms with Crippen molar-refractivity contribution >= 4 is 5.91 Å². The molecular weight excluding hydrogens is 427 g/mol. The Bertz CT molecular complexity index is 837. The number of amides is 1. The van der Waals surface area contributed by atoms with Gasteiger partial charge in [-0.3, -0.25) is 9.78 Å². The molecule has 7 nitrogen and oxygen atoms in total. The molecule has 2 fully saturated rings. The van der Waals surface area contributed by atoms with Gasteiger partial charge in [-0.05, 0) is 37.3 Å². The van der Waals surface area contributed by atoms with E-state index in [0.717, 1.165) is 25.1 Å². The lowest BCUT2D eigenvalue weighted by molar-refractivity contribution is -0.145.